The third-order valence-corrected chi connectivity index (χ3v) is 3.72. The SMILES string of the molecule is CSC(C)(C)CNC(=O)C1(N)CC1. The van der Waals surface area contributed by atoms with Crippen LogP contribution in [-0.2, 0) is 4.79 Å². The van der Waals surface area contributed by atoms with E-state index in [0.29, 0.717) is 6.54 Å². The molecule has 0 unspecified atom stereocenters. The molecule has 0 aromatic carbocycles. The molecule has 0 radical (unpaired) electrons. The lowest BCUT2D eigenvalue weighted by atomic mass is 10.2. The van der Waals surface area contributed by atoms with Crippen LogP contribution in [0.15, 0.2) is 0 Å². The molecule has 0 atom stereocenters. The van der Waals surface area contributed by atoms with E-state index < -0.39 is 5.54 Å². The molecule has 1 aliphatic rings. The summed E-state index contributed by atoms with van der Waals surface area (Å²) in [5.74, 6) is 0.00891. The van der Waals surface area contributed by atoms with Crippen LogP contribution in [0.25, 0.3) is 0 Å². The molecule has 1 saturated carbocycles. The van der Waals surface area contributed by atoms with Gasteiger partial charge in [0, 0.05) is 11.3 Å². The van der Waals surface area contributed by atoms with Crippen LogP contribution in [-0.4, -0.2) is 29.0 Å². The molecular formula is C9H18N2OS. The third kappa shape index (κ3) is 2.88. The van der Waals surface area contributed by atoms with Crippen LogP contribution < -0.4 is 11.1 Å². The minimum atomic E-state index is -0.533. The lowest BCUT2D eigenvalue weighted by Crippen LogP contribution is -2.46. The first kappa shape index (κ1) is 10.9. The summed E-state index contributed by atoms with van der Waals surface area (Å²) in [7, 11) is 0. The van der Waals surface area contributed by atoms with Crippen LogP contribution >= 0.6 is 11.8 Å². The highest BCUT2D eigenvalue weighted by Gasteiger charge is 2.46. The van der Waals surface area contributed by atoms with E-state index in [4.69, 9.17) is 5.73 Å². The standard InChI is InChI=1S/C9H18N2OS/c1-8(2,13-3)6-11-7(12)9(10)4-5-9/h4-6,10H2,1-3H3,(H,11,12). The van der Waals surface area contributed by atoms with Gasteiger partial charge in [-0.25, -0.2) is 0 Å². The van der Waals surface area contributed by atoms with Crippen molar-refractivity contribution < 1.29 is 4.79 Å². The van der Waals surface area contributed by atoms with Crippen LogP contribution in [0.4, 0.5) is 0 Å². The summed E-state index contributed by atoms with van der Waals surface area (Å²) in [6, 6.07) is 0. The summed E-state index contributed by atoms with van der Waals surface area (Å²) < 4.78 is 0.0981. The normalized spacial score (nSPS) is 19.7. The Balaban J connectivity index is 2.30. The van der Waals surface area contributed by atoms with E-state index in [9.17, 15) is 4.79 Å². The maximum Gasteiger partial charge on any atom is 0.240 e. The van der Waals surface area contributed by atoms with E-state index in [1.807, 2.05) is 6.26 Å². The lowest BCUT2D eigenvalue weighted by Gasteiger charge is -2.23. The average Bonchev–Trinajstić information content (AvgIpc) is 2.81. The number of nitrogens with one attached hydrogen (secondary N) is 1. The molecule has 0 heterocycles. The summed E-state index contributed by atoms with van der Waals surface area (Å²) in [5.41, 5.74) is 5.21. The number of hydrogen-bond acceptors (Lipinski definition) is 3. The Hall–Kier alpha value is -0.220. The van der Waals surface area contributed by atoms with Crippen LogP contribution in [0.3, 0.4) is 0 Å². The molecule has 0 spiro atoms. The fourth-order valence-electron chi connectivity index (χ4n) is 0.903. The van der Waals surface area contributed by atoms with Crippen LogP contribution in [0.1, 0.15) is 26.7 Å². The Morgan fingerprint density at radius 2 is 2.15 bits per heavy atom. The predicted molar refractivity (Wildman–Crippen MR) is 56.8 cm³/mol. The number of hydrogen-bond donors (Lipinski definition) is 2. The van der Waals surface area contributed by atoms with Gasteiger partial charge >= 0.3 is 0 Å². The third-order valence-electron chi connectivity index (χ3n) is 2.47. The van der Waals surface area contributed by atoms with Gasteiger partial charge in [-0.05, 0) is 32.9 Å². The first-order valence-electron chi connectivity index (χ1n) is 4.52. The topological polar surface area (TPSA) is 55.1 Å². The zero-order valence-electron chi connectivity index (χ0n) is 8.52. The van der Waals surface area contributed by atoms with Crippen LogP contribution in [0.5, 0.6) is 0 Å². The van der Waals surface area contributed by atoms with Gasteiger partial charge in [-0.2, -0.15) is 11.8 Å². The lowest BCUT2D eigenvalue weighted by molar-refractivity contribution is -0.123. The molecule has 0 aliphatic heterocycles. The summed E-state index contributed by atoms with van der Waals surface area (Å²) >= 11 is 1.74. The monoisotopic (exact) mass is 202 g/mol. The molecule has 1 amide bonds. The fourth-order valence-corrected chi connectivity index (χ4v) is 1.12. The number of rotatable bonds is 4. The van der Waals surface area contributed by atoms with Crippen molar-refractivity contribution in [2.45, 2.75) is 37.0 Å². The molecule has 76 valence electrons. The number of amides is 1. The van der Waals surface area contributed by atoms with Gasteiger partial charge < -0.3 is 11.1 Å². The second-order valence-corrected chi connectivity index (χ2v) is 5.82. The number of thioether (sulfide) groups is 1. The Bertz CT molecular complexity index is 212. The van der Waals surface area contributed by atoms with Gasteiger partial charge in [0.15, 0.2) is 0 Å². The van der Waals surface area contributed by atoms with Gasteiger partial charge in [-0.15, -0.1) is 0 Å². The Morgan fingerprint density at radius 3 is 2.54 bits per heavy atom. The Morgan fingerprint density at radius 1 is 1.62 bits per heavy atom. The van der Waals surface area contributed by atoms with E-state index in [0.717, 1.165) is 12.8 Å². The van der Waals surface area contributed by atoms with Gasteiger partial charge in [0.1, 0.15) is 0 Å². The fraction of sp³-hybridized carbons (Fsp3) is 0.889. The van der Waals surface area contributed by atoms with Gasteiger partial charge in [-0.1, -0.05) is 0 Å². The zero-order chi connectivity index (χ0) is 10.1. The quantitative estimate of drug-likeness (QED) is 0.707. The number of nitrogens with two attached hydrogens (primary N) is 1. The van der Waals surface area contributed by atoms with Crippen molar-refractivity contribution in [3.8, 4) is 0 Å². The largest absolute Gasteiger partial charge is 0.353 e. The number of carbonyl (C=O) groups excluding carboxylic acids is 1. The minimum absolute atomic E-state index is 0.00891. The molecule has 3 nitrogen and oxygen atoms in total. The highest BCUT2D eigenvalue weighted by molar-refractivity contribution is 7.99. The summed E-state index contributed by atoms with van der Waals surface area (Å²) in [6.45, 7) is 4.90. The van der Waals surface area contributed by atoms with Crippen LogP contribution in [0, 0.1) is 0 Å². The first-order chi connectivity index (χ1) is 5.90. The first-order valence-corrected chi connectivity index (χ1v) is 5.74. The second kappa shape index (κ2) is 3.50. The van der Waals surface area contributed by atoms with E-state index in [1.165, 1.54) is 0 Å². The van der Waals surface area contributed by atoms with Gasteiger partial charge in [0.2, 0.25) is 5.91 Å². The van der Waals surface area contributed by atoms with Crippen molar-refractivity contribution in [1.82, 2.24) is 5.32 Å². The molecular weight excluding hydrogens is 184 g/mol. The average molecular weight is 202 g/mol. The summed E-state index contributed by atoms with van der Waals surface area (Å²) in [5, 5.41) is 2.89. The summed E-state index contributed by atoms with van der Waals surface area (Å²) in [4.78, 5) is 11.4. The maximum absolute atomic E-state index is 11.4. The highest BCUT2D eigenvalue weighted by atomic mass is 32.2. The molecule has 0 bridgehead atoms. The smallest absolute Gasteiger partial charge is 0.240 e. The molecule has 1 fully saturated rings. The molecule has 4 heteroatoms. The molecule has 13 heavy (non-hydrogen) atoms. The van der Waals surface area contributed by atoms with E-state index >= 15 is 0 Å². The molecule has 0 aromatic rings. The van der Waals surface area contributed by atoms with E-state index in [-0.39, 0.29) is 10.7 Å². The van der Waals surface area contributed by atoms with Crippen molar-refractivity contribution in [3.05, 3.63) is 0 Å². The van der Waals surface area contributed by atoms with Crippen LogP contribution in [0.2, 0.25) is 0 Å². The predicted octanol–water partition coefficient (Wildman–Crippen LogP) is 0.735. The zero-order valence-corrected chi connectivity index (χ0v) is 9.33. The van der Waals surface area contributed by atoms with E-state index in [1.54, 1.807) is 11.8 Å². The second-order valence-electron chi connectivity index (χ2n) is 4.30. The van der Waals surface area contributed by atoms with Crippen molar-refractivity contribution in [2.24, 2.45) is 5.73 Å². The molecule has 3 N–H and O–H groups in total. The van der Waals surface area contributed by atoms with Crippen molar-refractivity contribution in [3.63, 3.8) is 0 Å². The molecule has 1 rings (SSSR count). The van der Waals surface area contributed by atoms with Gasteiger partial charge in [0.25, 0.3) is 0 Å². The van der Waals surface area contributed by atoms with Crippen molar-refractivity contribution in [2.75, 3.05) is 12.8 Å². The Kier molecular flexibility index (Phi) is 2.92. The maximum atomic E-state index is 11.4. The van der Waals surface area contributed by atoms with Gasteiger partial charge in [-0.3, -0.25) is 4.79 Å². The highest BCUT2D eigenvalue weighted by Crippen LogP contribution is 2.32. The minimum Gasteiger partial charge on any atom is -0.353 e. The van der Waals surface area contributed by atoms with E-state index in [2.05, 4.69) is 19.2 Å². The molecule has 1 aliphatic carbocycles. The van der Waals surface area contributed by atoms with Crippen molar-refractivity contribution >= 4 is 17.7 Å². The van der Waals surface area contributed by atoms with Gasteiger partial charge in [0.05, 0.1) is 5.54 Å². The van der Waals surface area contributed by atoms with Crippen molar-refractivity contribution in [1.29, 1.82) is 0 Å². The number of carbonyl (C=O) groups is 1. The Labute approximate surface area is 83.8 Å². The molecule has 0 saturated heterocycles. The summed E-state index contributed by atoms with van der Waals surface area (Å²) in [6.07, 6.45) is 3.71. The molecule has 0 aromatic heterocycles.